The molecule has 0 saturated heterocycles. The molecular weight excluding hydrogens is 438 g/mol. The number of thiazole rings is 1. The molecule has 0 spiro atoms. The quantitative estimate of drug-likeness (QED) is 0.590. The molecule has 1 unspecified atom stereocenters. The van der Waals surface area contributed by atoms with E-state index in [9.17, 15) is 9.59 Å². The van der Waals surface area contributed by atoms with Gasteiger partial charge < -0.3 is 15.1 Å². The van der Waals surface area contributed by atoms with Crippen molar-refractivity contribution in [3.63, 3.8) is 0 Å². The molecule has 2 amide bonds. The van der Waals surface area contributed by atoms with Crippen LogP contribution in [0, 0.1) is 13.8 Å². The van der Waals surface area contributed by atoms with Crippen molar-refractivity contribution in [3.05, 3.63) is 43.8 Å². The first-order valence-corrected chi connectivity index (χ1v) is 10.2. The van der Waals surface area contributed by atoms with Gasteiger partial charge in [-0.15, -0.1) is 22.7 Å². The molecule has 136 valence electrons. The van der Waals surface area contributed by atoms with Crippen LogP contribution in [0.15, 0.2) is 31.8 Å². The number of hydrogen-bond donors (Lipinski definition) is 2. The zero-order chi connectivity index (χ0) is 18.8. The highest BCUT2D eigenvalue weighted by molar-refractivity contribution is 9.11. The maximum atomic E-state index is 12.3. The molecule has 1 atom stereocenters. The minimum Gasteiger partial charge on any atom is -0.466 e. The van der Waals surface area contributed by atoms with Crippen molar-refractivity contribution in [2.45, 2.75) is 26.8 Å². The molecule has 3 aromatic rings. The van der Waals surface area contributed by atoms with E-state index < -0.39 is 6.04 Å². The Labute approximate surface area is 166 Å². The number of nitrogens with zero attached hydrogens (tertiary/aromatic N) is 1. The smallest absolute Gasteiger partial charge is 0.262 e. The van der Waals surface area contributed by atoms with E-state index in [0.717, 1.165) is 26.6 Å². The summed E-state index contributed by atoms with van der Waals surface area (Å²) in [5.41, 5.74) is 1.66. The molecule has 3 aromatic heterocycles. The molecule has 0 aliphatic heterocycles. The van der Waals surface area contributed by atoms with Crippen molar-refractivity contribution in [1.82, 2.24) is 10.3 Å². The van der Waals surface area contributed by atoms with Gasteiger partial charge in [-0.3, -0.25) is 9.59 Å². The lowest BCUT2D eigenvalue weighted by Crippen LogP contribution is -2.41. The molecule has 3 heterocycles. The lowest BCUT2D eigenvalue weighted by atomic mass is 10.2. The summed E-state index contributed by atoms with van der Waals surface area (Å²) in [7, 11) is 0. The van der Waals surface area contributed by atoms with E-state index in [1.807, 2.05) is 25.3 Å². The van der Waals surface area contributed by atoms with Gasteiger partial charge in [0.05, 0.1) is 14.4 Å². The minimum absolute atomic E-state index is 0.285. The van der Waals surface area contributed by atoms with Crippen LogP contribution < -0.4 is 10.6 Å². The summed E-state index contributed by atoms with van der Waals surface area (Å²) >= 11 is 5.95. The predicted octanol–water partition coefficient (Wildman–Crippen LogP) is 4.60. The van der Waals surface area contributed by atoms with Crippen molar-refractivity contribution >= 4 is 55.5 Å². The number of furan rings is 1. The van der Waals surface area contributed by atoms with Gasteiger partial charge in [-0.05, 0) is 54.9 Å². The summed E-state index contributed by atoms with van der Waals surface area (Å²) in [4.78, 5) is 29.4. The molecule has 0 aromatic carbocycles. The fraction of sp³-hybridized carbons (Fsp3) is 0.235. The highest BCUT2D eigenvalue weighted by Gasteiger charge is 2.19. The fourth-order valence-corrected chi connectivity index (χ4v) is 4.33. The third kappa shape index (κ3) is 4.22. The van der Waals surface area contributed by atoms with Crippen LogP contribution in [0.4, 0.5) is 5.13 Å². The number of carbonyl (C=O) groups is 2. The Balaban J connectivity index is 1.62. The molecular formula is C17H16BrN3O3S2. The highest BCUT2D eigenvalue weighted by Crippen LogP contribution is 2.29. The molecule has 0 aliphatic rings. The van der Waals surface area contributed by atoms with Crippen LogP contribution in [-0.2, 0) is 4.79 Å². The second-order valence-electron chi connectivity index (χ2n) is 5.65. The summed E-state index contributed by atoms with van der Waals surface area (Å²) in [5, 5.41) is 7.75. The molecule has 0 saturated carbocycles. The largest absolute Gasteiger partial charge is 0.466 e. The van der Waals surface area contributed by atoms with Crippen LogP contribution in [0.1, 0.15) is 28.1 Å². The first-order valence-electron chi connectivity index (χ1n) is 7.73. The van der Waals surface area contributed by atoms with E-state index in [2.05, 4.69) is 31.5 Å². The number of aryl methyl sites for hydroxylation is 2. The van der Waals surface area contributed by atoms with E-state index in [1.165, 1.54) is 22.7 Å². The van der Waals surface area contributed by atoms with E-state index in [1.54, 1.807) is 19.1 Å². The highest BCUT2D eigenvalue weighted by atomic mass is 79.9. The van der Waals surface area contributed by atoms with Crippen molar-refractivity contribution in [2.24, 2.45) is 0 Å². The average Bonchev–Trinajstić information content (AvgIpc) is 3.28. The number of thiophene rings is 1. The number of rotatable bonds is 5. The van der Waals surface area contributed by atoms with Gasteiger partial charge in [0, 0.05) is 10.9 Å². The Hall–Kier alpha value is -1.97. The van der Waals surface area contributed by atoms with Crippen molar-refractivity contribution < 1.29 is 14.0 Å². The van der Waals surface area contributed by atoms with Crippen LogP contribution >= 0.6 is 38.6 Å². The summed E-state index contributed by atoms with van der Waals surface area (Å²) in [6.07, 6.45) is 0. The Morgan fingerprint density at radius 2 is 2.08 bits per heavy atom. The topological polar surface area (TPSA) is 84.2 Å². The van der Waals surface area contributed by atoms with E-state index in [0.29, 0.717) is 10.0 Å². The Morgan fingerprint density at radius 1 is 1.31 bits per heavy atom. The van der Waals surface area contributed by atoms with Crippen molar-refractivity contribution in [3.8, 4) is 11.3 Å². The van der Waals surface area contributed by atoms with Crippen LogP contribution in [0.3, 0.4) is 0 Å². The van der Waals surface area contributed by atoms with Crippen LogP contribution in [0.25, 0.3) is 11.3 Å². The molecule has 3 rings (SSSR count). The van der Waals surface area contributed by atoms with E-state index in [4.69, 9.17) is 4.42 Å². The molecule has 0 fully saturated rings. The number of carbonyl (C=O) groups excluding carboxylic acids is 2. The lowest BCUT2D eigenvalue weighted by molar-refractivity contribution is -0.117. The van der Waals surface area contributed by atoms with Gasteiger partial charge in [0.15, 0.2) is 5.13 Å². The Morgan fingerprint density at radius 3 is 2.69 bits per heavy atom. The van der Waals surface area contributed by atoms with Gasteiger partial charge in [-0.25, -0.2) is 4.98 Å². The van der Waals surface area contributed by atoms with Gasteiger partial charge >= 0.3 is 0 Å². The molecule has 0 radical (unpaired) electrons. The maximum Gasteiger partial charge on any atom is 0.262 e. The zero-order valence-corrected chi connectivity index (χ0v) is 17.5. The summed E-state index contributed by atoms with van der Waals surface area (Å²) in [5.74, 6) is 0.990. The van der Waals surface area contributed by atoms with Crippen LogP contribution in [-0.4, -0.2) is 22.8 Å². The SMILES string of the molecule is Cc1cc(-c2csc(NC(=O)C(C)NC(=O)c3ccc(Br)s3)n2)c(C)o1. The molecule has 0 aliphatic carbocycles. The number of hydrogen-bond acceptors (Lipinski definition) is 6. The molecule has 0 bridgehead atoms. The summed E-state index contributed by atoms with van der Waals surface area (Å²) in [6.45, 7) is 5.39. The normalized spacial score (nSPS) is 12.0. The van der Waals surface area contributed by atoms with Gasteiger partial charge in [0.2, 0.25) is 5.91 Å². The van der Waals surface area contributed by atoms with Crippen LogP contribution in [0.5, 0.6) is 0 Å². The minimum atomic E-state index is -0.686. The van der Waals surface area contributed by atoms with Crippen LogP contribution in [0.2, 0.25) is 0 Å². The number of nitrogens with one attached hydrogen (secondary N) is 2. The van der Waals surface area contributed by atoms with Gasteiger partial charge in [-0.2, -0.15) is 0 Å². The third-order valence-corrected chi connectivity index (χ3v) is 5.97. The molecule has 26 heavy (non-hydrogen) atoms. The monoisotopic (exact) mass is 453 g/mol. The predicted molar refractivity (Wildman–Crippen MR) is 107 cm³/mol. The number of halogens is 1. The number of anilines is 1. The first-order chi connectivity index (χ1) is 12.3. The summed E-state index contributed by atoms with van der Waals surface area (Å²) in [6, 6.07) is 4.73. The second-order valence-corrected chi connectivity index (χ2v) is 8.97. The number of amides is 2. The van der Waals surface area contributed by atoms with E-state index in [-0.39, 0.29) is 11.8 Å². The second kappa shape index (κ2) is 7.73. The number of aromatic nitrogens is 1. The molecule has 6 nitrogen and oxygen atoms in total. The molecule has 2 N–H and O–H groups in total. The lowest BCUT2D eigenvalue weighted by Gasteiger charge is -2.12. The Kier molecular flexibility index (Phi) is 5.59. The maximum absolute atomic E-state index is 12.3. The van der Waals surface area contributed by atoms with Crippen molar-refractivity contribution in [1.29, 1.82) is 0 Å². The third-order valence-electron chi connectivity index (χ3n) is 3.59. The fourth-order valence-electron chi connectivity index (χ4n) is 2.32. The van der Waals surface area contributed by atoms with Gasteiger partial charge in [0.1, 0.15) is 17.6 Å². The van der Waals surface area contributed by atoms with Gasteiger partial charge in [-0.1, -0.05) is 0 Å². The van der Waals surface area contributed by atoms with Gasteiger partial charge in [0.25, 0.3) is 5.91 Å². The van der Waals surface area contributed by atoms with E-state index >= 15 is 0 Å². The summed E-state index contributed by atoms with van der Waals surface area (Å²) < 4.78 is 6.37. The Bertz CT molecular complexity index is 960. The standard InChI is InChI=1S/C17H16BrN3O3S2/c1-8-6-11(10(3)24-8)12-7-25-17(20-12)21-15(22)9(2)19-16(23)13-4-5-14(18)26-13/h4-7,9H,1-3H3,(H,19,23)(H,20,21,22). The average molecular weight is 454 g/mol. The zero-order valence-electron chi connectivity index (χ0n) is 14.3. The van der Waals surface area contributed by atoms with Crippen molar-refractivity contribution in [2.75, 3.05) is 5.32 Å². The first kappa shape index (κ1) is 18.8. The molecule has 9 heteroatoms.